The van der Waals surface area contributed by atoms with Crippen molar-refractivity contribution in [3.8, 4) is 0 Å². The number of aliphatic hydroxyl groups is 4. The largest absolute Gasteiger partial charge is 0.481 e. The highest BCUT2D eigenvalue weighted by atomic mass is 16.8. The molecule has 184 valence electrons. The number of carbonyl (C=O) groups excluding carboxylic acids is 1. The predicted octanol–water partition coefficient (Wildman–Crippen LogP) is -1.59. The molecule has 1 saturated heterocycles. The van der Waals surface area contributed by atoms with E-state index in [1.165, 1.54) is 6.92 Å². The smallest absolute Gasteiger partial charge is 0.335 e. The molecule has 31 heavy (non-hydrogen) atoms. The lowest BCUT2D eigenvalue weighted by molar-refractivity contribution is -0.486. The van der Waals surface area contributed by atoms with E-state index < -0.39 is 47.7 Å². The van der Waals surface area contributed by atoms with E-state index in [9.17, 15) is 4.79 Å². The normalized spacial score (nSPS) is 17.0. The molecule has 1 heterocycles. The van der Waals surface area contributed by atoms with E-state index in [-0.39, 0.29) is 19.4 Å². The second kappa shape index (κ2) is 18.0. The molecule has 0 spiro atoms. The summed E-state index contributed by atoms with van der Waals surface area (Å²) in [5, 5.41) is 66.2. The number of hydrogen-bond donors (Lipinski definition) is 8. The Kier molecular flexibility index (Phi) is 20.6. The molecule has 1 rings (SSSR count). The first kappa shape index (κ1) is 35.6. The summed E-state index contributed by atoms with van der Waals surface area (Å²) < 4.78 is 9.17. The minimum atomic E-state index is -3.05. The Balaban J connectivity index is -0.000000187. The number of carboxylic acid groups (broad SMARTS) is 4. The topological polar surface area (TPSA) is 266 Å². The maximum absolute atomic E-state index is 10.5. The van der Waals surface area contributed by atoms with Crippen molar-refractivity contribution in [3.05, 3.63) is 0 Å². The van der Waals surface area contributed by atoms with Crippen LogP contribution in [-0.4, -0.2) is 95.2 Å². The lowest BCUT2D eigenvalue weighted by Gasteiger charge is -2.41. The van der Waals surface area contributed by atoms with Crippen LogP contribution in [0.1, 0.15) is 47.5 Å². The van der Waals surface area contributed by atoms with E-state index in [0.717, 1.165) is 27.7 Å². The van der Waals surface area contributed by atoms with Gasteiger partial charge in [-0.05, 0) is 6.42 Å². The summed E-state index contributed by atoms with van der Waals surface area (Å²) in [5.74, 6) is -9.61. The summed E-state index contributed by atoms with van der Waals surface area (Å²) in [7, 11) is 0. The van der Waals surface area contributed by atoms with E-state index in [4.69, 9.17) is 60.0 Å². The van der Waals surface area contributed by atoms with Gasteiger partial charge in [-0.2, -0.15) is 0 Å². The van der Waals surface area contributed by atoms with E-state index in [2.05, 4.69) is 9.47 Å². The van der Waals surface area contributed by atoms with Crippen LogP contribution in [0, 0.1) is 0 Å². The standard InChI is InChI=1S/C8H14O7.4C2H4O2/c1-5(9)14-4-6-2-3-7(10,11)8(12,13)15-6;4*1-2(3)4/h6,10-13H,2-4H2,1H3;4*1H3,(H,3,4)/t6-;;;;/m1..../s1. The van der Waals surface area contributed by atoms with Gasteiger partial charge in [0.05, 0.1) is 6.10 Å². The maximum Gasteiger partial charge on any atom is 0.335 e. The first-order valence-electron chi connectivity index (χ1n) is 8.16. The molecule has 0 amide bonds. The molecular weight excluding hydrogens is 432 g/mol. The minimum Gasteiger partial charge on any atom is -0.481 e. The number of carbonyl (C=O) groups is 5. The van der Waals surface area contributed by atoms with Gasteiger partial charge in [0.15, 0.2) is 0 Å². The van der Waals surface area contributed by atoms with Crippen LogP contribution < -0.4 is 0 Å². The molecule has 0 bridgehead atoms. The predicted molar refractivity (Wildman–Crippen MR) is 98.3 cm³/mol. The Morgan fingerprint density at radius 2 is 1.06 bits per heavy atom. The quantitative estimate of drug-likeness (QED) is 0.170. The Labute approximate surface area is 177 Å². The molecule has 1 fully saturated rings. The van der Waals surface area contributed by atoms with Crippen LogP contribution in [0.4, 0.5) is 0 Å². The SMILES string of the molecule is CC(=O)O.CC(=O)O.CC(=O)O.CC(=O)O.CC(=O)OC[C@H]1CCC(O)(O)C(O)(O)O1. The van der Waals surface area contributed by atoms with Gasteiger partial charge in [-0.15, -0.1) is 0 Å². The first-order chi connectivity index (χ1) is 13.7. The zero-order chi connectivity index (χ0) is 26.0. The third-order valence-electron chi connectivity index (χ3n) is 2.14. The van der Waals surface area contributed by atoms with Crippen molar-refractivity contribution in [2.45, 2.75) is 65.3 Å². The molecule has 0 aromatic heterocycles. The Morgan fingerprint density at radius 1 is 0.774 bits per heavy atom. The molecule has 8 N–H and O–H groups in total. The number of hydrogen-bond acceptors (Lipinski definition) is 11. The summed E-state index contributed by atoms with van der Waals surface area (Å²) in [6.45, 7) is 5.38. The minimum absolute atomic E-state index is 0.142. The summed E-state index contributed by atoms with van der Waals surface area (Å²) in [6.07, 6.45) is -0.911. The molecule has 0 aliphatic carbocycles. The number of rotatable bonds is 2. The van der Waals surface area contributed by atoms with Crippen LogP contribution in [-0.2, 0) is 33.4 Å². The zero-order valence-corrected chi connectivity index (χ0v) is 17.6. The van der Waals surface area contributed by atoms with Crippen molar-refractivity contribution in [1.82, 2.24) is 0 Å². The van der Waals surface area contributed by atoms with Crippen LogP contribution in [0.2, 0.25) is 0 Å². The van der Waals surface area contributed by atoms with Crippen LogP contribution >= 0.6 is 0 Å². The average Bonchev–Trinajstić information content (AvgIpc) is 2.46. The van der Waals surface area contributed by atoms with Crippen LogP contribution in [0.15, 0.2) is 0 Å². The van der Waals surface area contributed by atoms with Gasteiger partial charge >= 0.3 is 11.9 Å². The van der Waals surface area contributed by atoms with Gasteiger partial charge in [0.25, 0.3) is 23.9 Å². The second-order valence-corrected chi connectivity index (χ2v) is 5.58. The van der Waals surface area contributed by atoms with Gasteiger partial charge in [0.2, 0.25) is 5.79 Å². The van der Waals surface area contributed by atoms with Crippen LogP contribution in [0.5, 0.6) is 0 Å². The molecule has 0 saturated carbocycles. The molecule has 1 atom stereocenters. The second-order valence-electron chi connectivity index (χ2n) is 5.58. The molecular formula is C16H30O15. The van der Waals surface area contributed by atoms with E-state index in [0.29, 0.717) is 0 Å². The van der Waals surface area contributed by atoms with Crippen molar-refractivity contribution >= 4 is 29.8 Å². The van der Waals surface area contributed by atoms with Crippen LogP contribution in [0.25, 0.3) is 0 Å². The molecule has 15 nitrogen and oxygen atoms in total. The monoisotopic (exact) mass is 462 g/mol. The number of carboxylic acids is 4. The highest BCUT2D eigenvalue weighted by Gasteiger charge is 2.53. The summed E-state index contributed by atoms with van der Waals surface area (Å²) in [5.41, 5.74) is 0. The molecule has 15 heteroatoms. The number of esters is 1. The fourth-order valence-corrected chi connectivity index (χ4v) is 1.24. The van der Waals surface area contributed by atoms with Crippen molar-refractivity contribution in [3.63, 3.8) is 0 Å². The summed E-state index contributed by atoms with van der Waals surface area (Å²) >= 11 is 0. The van der Waals surface area contributed by atoms with Gasteiger partial charge in [0, 0.05) is 41.0 Å². The van der Waals surface area contributed by atoms with Crippen molar-refractivity contribution in [2.24, 2.45) is 0 Å². The third-order valence-corrected chi connectivity index (χ3v) is 2.14. The first-order valence-corrected chi connectivity index (χ1v) is 8.16. The van der Waals surface area contributed by atoms with Gasteiger partial charge in [-0.25, -0.2) is 0 Å². The maximum atomic E-state index is 10.5. The van der Waals surface area contributed by atoms with Crippen LogP contribution in [0.3, 0.4) is 0 Å². The molecule has 0 radical (unpaired) electrons. The van der Waals surface area contributed by atoms with E-state index in [1.807, 2.05) is 0 Å². The van der Waals surface area contributed by atoms with Crippen molar-refractivity contribution in [1.29, 1.82) is 0 Å². The zero-order valence-electron chi connectivity index (χ0n) is 17.6. The Bertz CT molecular complexity index is 503. The number of aliphatic carboxylic acids is 4. The summed E-state index contributed by atoms with van der Waals surface area (Å²) in [6, 6.07) is 0. The lowest BCUT2D eigenvalue weighted by atomic mass is 10.0. The van der Waals surface area contributed by atoms with E-state index >= 15 is 0 Å². The lowest BCUT2D eigenvalue weighted by Crippen LogP contribution is -2.61. The molecule has 0 aromatic carbocycles. The van der Waals surface area contributed by atoms with E-state index in [1.54, 1.807) is 0 Å². The molecule has 0 unspecified atom stereocenters. The highest BCUT2D eigenvalue weighted by molar-refractivity contribution is 5.66. The molecule has 1 aliphatic heterocycles. The highest BCUT2D eigenvalue weighted by Crippen LogP contribution is 2.32. The third kappa shape index (κ3) is 35.0. The summed E-state index contributed by atoms with van der Waals surface area (Å²) in [4.78, 5) is 46.5. The van der Waals surface area contributed by atoms with Gasteiger partial charge in [0.1, 0.15) is 6.61 Å². The van der Waals surface area contributed by atoms with Gasteiger partial charge in [-0.1, -0.05) is 0 Å². The molecule has 1 aliphatic rings. The van der Waals surface area contributed by atoms with Crippen molar-refractivity contribution < 1.29 is 74.3 Å². The Morgan fingerprint density at radius 3 is 1.29 bits per heavy atom. The fraction of sp³-hybridized carbons (Fsp3) is 0.688. The van der Waals surface area contributed by atoms with Gasteiger partial charge in [-0.3, -0.25) is 24.0 Å². The number of ether oxygens (including phenoxy) is 2. The average molecular weight is 462 g/mol. The van der Waals surface area contributed by atoms with Gasteiger partial charge < -0.3 is 50.3 Å². The molecule has 0 aromatic rings. The van der Waals surface area contributed by atoms with Crippen molar-refractivity contribution in [2.75, 3.05) is 6.61 Å². The Hall–Kier alpha value is -2.85. The fourth-order valence-electron chi connectivity index (χ4n) is 1.24.